The van der Waals surface area contributed by atoms with Gasteiger partial charge in [-0.2, -0.15) is 4.98 Å². The minimum atomic E-state index is -0.734. The number of aromatic nitrogens is 2. The highest BCUT2D eigenvalue weighted by molar-refractivity contribution is 5.74. The quantitative estimate of drug-likeness (QED) is 0.842. The highest BCUT2D eigenvalue weighted by Crippen LogP contribution is 2.30. The van der Waals surface area contributed by atoms with Crippen LogP contribution in [-0.4, -0.2) is 39.2 Å². The van der Waals surface area contributed by atoms with Crippen LogP contribution in [0.2, 0.25) is 0 Å². The van der Waals surface area contributed by atoms with Crippen LogP contribution in [0, 0.1) is 5.41 Å². The molecule has 0 saturated carbocycles. The molecule has 1 aromatic rings. The lowest BCUT2D eigenvalue weighted by Crippen LogP contribution is -2.31. The van der Waals surface area contributed by atoms with Gasteiger partial charge in [-0.3, -0.25) is 9.69 Å². The predicted molar refractivity (Wildman–Crippen MR) is 59.3 cm³/mol. The molecule has 1 aromatic heterocycles. The van der Waals surface area contributed by atoms with Gasteiger partial charge in [0.05, 0.1) is 12.0 Å². The summed E-state index contributed by atoms with van der Waals surface area (Å²) in [6.07, 6.45) is 1.39. The first kappa shape index (κ1) is 12.0. The molecule has 1 N–H and O–H groups in total. The summed E-state index contributed by atoms with van der Waals surface area (Å²) in [5.41, 5.74) is -0.642. The number of carboxylic acid groups (broad SMARTS) is 1. The smallest absolute Gasteiger partial charge is 0.310 e. The Kier molecular flexibility index (Phi) is 3.15. The van der Waals surface area contributed by atoms with Gasteiger partial charge in [-0.05, 0) is 19.9 Å². The van der Waals surface area contributed by atoms with Crippen LogP contribution in [0.5, 0.6) is 0 Å². The number of rotatable bonds is 4. The molecule has 6 heteroatoms. The molecule has 0 aliphatic carbocycles. The third-order valence-corrected chi connectivity index (χ3v) is 3.25. The van der Waals surface area contributed by atoms with Crippen molar-refractivity contribution < 1.29 is 14.4 Å². The number of hydrogen-bond acceptors (Lipinski definition) is 5. The molecule has 0 bridgehead atoms. The zero-order valence-corrected chi connectivity index (χ0v) is 10.1. The van der Waals surface area contributed by atoms with E-state index in [1.54, 1.807) is 6.92 Å². The molecule has 1 fully saturated rings. The van der Waals surface area contributed by atoms with Gasteiger partial charge in [0.25, 0.3) is 0 Å². The molecular formula is C11H17N3O3. The van der Waals surface area contributed by atoms with Crippen LogP contribution in [0.4, 0.5) is 0 Å². The molecular weight excluding hydrogens is 222 g/mol. The molecule has 17 heavy (non-hydrogen) atoms. The van der Waals surface area contributed by atoms with Crippen molar-refractivity contribution in [1.82, 2.24) is 15.0 Å². The van der Waals surface area contributed by atoms with Crippen molar-refractivity contribution in [2.45, 2.75) is 33.2 Å². The van der Waals surface area contributed by atoms with E-state index in [-0.39, 0.29) is 0 Å². The van der Waals surface area contributed by atoms with E-state index < -0.39 is 11.4 Å². The Morgan fingerprint density at radius 3 is 2.94 bits per heavy atom. The molecule has 6 nitrogen and oxygen atoms in total. The number of aliphatic carboxylic acids is 1. The van der Waals surface area contributed by atoms with Crippen LogP contribution in [0.25, 0.3) is 0 Å². The van der Waals surface area contributed by atoms with Gasteiger partial charge in [0.1, 0.15) is 0 Å². The van der Waals surface area contributed by atoms with Crippen LogP contribution in [0.3, 0.4) is 0 Å². The molecule has 0 spiro atoms. The first-order valence-corrected chi connectivity index (χ1v) is 5.81. The third kappa shape index (κ3) is 2.46. The number of carboxylic acids is 1. The lowest BCUT2D eigenvalue weighted by molar-refractivity contribution is -0.147. The number of carbonyl (C=O) groups is 1. The van der Waals surface area contributed by atoms with Crippen molar-refractivity contribution >= 4 is 5.97 Å². The lowest BCUT2D eigenvalue weighted by atomic mass is 9.90. The predicted octanol–water partition coefficient (Wildman–Crippen LogP) is 0.929. The second-order valence-electron chi connectivity index (χ2n) is 4.78. The molecule has 1 aliphatic rings. The Bertz CT molecular complexity index is 418. The number of hydrogen-bond donors (Lipinski definition) is 1. The van der Waals surface area contributed by atoms with Gasteiger partial charge < -0.3 is 9.63 Å². The SMILES string of the molecule is CCc1nc(CN2CCC(C)(C(=O)O)C2)no1. The van der Waals surface area contributed by atoms with Crippen molar-refractivity contribution in [2.75, 3.05) is 13.1 Å². The van der Waals surface area contributed by atoms with Crippen LogP contribution >= 0.6 is 0 Å². The molecule has 0 radical (unpaired) electrons. The summed E-state index contributed by atoms with van der Waals surface area (Å²) in [7, 11) is 0. The summed E-state index contributed by atoms with van der Waals surface area (Å²) >= 11 is 0. The maximum Gasteiger partial charge on any atom is 0.310 e. The molecule has 1 unspecified atom stereocenters. The number of likely N-dealkylation sites (tertiary alicyclic amines) is 1. The van der Waals surface area contributed by atoms with Gasteiger partial charge >= 0.3 is 5.97 Å². The summed E-state index contributed by atoms with van der Waals surface area (Å²) in [4.78, 5) is 17.4. The average molecular weight is 239 g/mol. The van der Waals surface area contributed by atoms with E-state index in [1.807, 2.05) is 6.92 Å². The fourth-order valence-electron chi connectivity index (χ4n) is 2.06. The zero-order valence-electron chi connectivity index (χ0n) is 10.1. The topological polar surface area (TPSA) is 79.5 Å². The van der Waals surface area contributed by atoms with E-state index in [4.69, 9.17) is 9.63 Å². The van der Waals surface area contributed by atoms with E-state index in [0.717, 1.165) is 13.0 Å². The molecule has 94 valence electrons. The Hall–Kier alpha value is -1.43. The van der Waals surface area contributed by atoms with Crippen LogP contribution in [-0.2, 0) is 17.8 Å². The first-order chi connectivity index (χ1) is 8.03. The van der Waals surface area contributed by atoms with Crippen LogP contribution in [0.15, 0.2) is 4.52 Å². The van der Waals surface area contributed by atoms with E-state index in [9.17, 15) is 4.79 Å². The fourth-order valence-corrected chi connectivity index (χ4v) is 2.06. The van der Waals surface area contributed by atoms with Crippen molar-refractivity contribution in [2.24, 2.45) is 5.41 Å². The van der Waals surface area contributed by atoms with E-state index in [0.29, 0.717) is 31.2 Å². The molecule has 0 aromatic carbocycles. The number of nitrogens with zero attached hydrogens (tertiary/aromatic N) is 3. The van der Waals surface area contributed by atoms with Gasteiger partial charge in [0.2, 0.25) is 5.89 Å². The minimum Gasteiger partial charge on any atom is -0.481 e. The normalized spacial score (nSPS) is 25.3. The summed E-state index contributed by atoms with van der Waals surface area (Å²) in [5.74, 6) is 0.527. The van der Waals surface area contributed by atoms with E-state index >= 15 is 0 Å². The van der Waals surface area contributed by atoms with Gasteiger partial charge in [0.15, 0.2) is 5.82 Å². The average Bonchev–Trinajstić information content (AvgIpc) is 2.87. The van der Waals surface area contributed by atoms with Gasteiger partial charge in [0, 0.05) is 13.0 Å². The largest absolute Gasteiger partial charge is 0.481 e. The summed E-state index contributed by atoms with van der Waals surface area (Å²) < 4.78 is 5.02. The van der Waals surface area contributed by atoms with E-state index in [1.165, 1.54) is 0 Å². The third-order valence-electron chi connectivity index (χ3n) is 3.25. The standard InChI is InChI=1S/C11H17N3O3/c1-3-9-12-8(13-17-9)6-14-5-4-11(2,7-14)10(15)16/h3-7H2,1-2H3,(H,15,16). The zero-order chi connectivity index (χ0) is 12.5. The van der Waals surface area contributed by atoms with Gasteiger partial charge in [-0.25, -0.2) is 0 Å². The maximum atomic E-state index is 11.1. The second-order valence-corrected chi connectivity index (χ2v) is 4.78. The lowest BCUT2D eigenvalue weighted by Gasteiger charge is -2.18. The number of aryl methyl sites for hydroxylation is 1. The highest BCUT2D eigenvalue weighted by Gasteiger charge is 2.40. The molecule has 1 atom stereocenters. The van der Waals surface area contributed by atoms with Gasteiger partial charge in [-0.1, -0.05) is 12.1 Å². The van der Waals surface area contributed by atoms with Crippen LogP contribution in [0.1, 0.15) is 32.0 Å². The van der Waals surface area contributed by atoms with Crippen molar-refractivity contribution in [3.63, 3.8) is 0 Å². The first-order valence-electron chi connectivity index (χ1n) is 5.81. The highest BCUT2D eigenvalue weighted by atomic mass is 16.5. The Morgan fingerprint density at radius 1 is 1.65 bits per heavy atom. The monoisotopic (exact) mass is 239 g/mol. The maximum absolute atomic E-state index is 11.1. The summed E-state index contributed by atoms with van der Waals surface area (Å²) in [6.45, 7) is 5.60. The Morgan fingerprint density at radius 2 is 2.41 bits per heavy atom. The van der Waals surface area contributed by atoms with Gasteiger partial charge in [-0.15, -0.1) is 0 Å². The summed E-state index contributed by atoms with van der Waals surface area (Å²) in [5, 5.41) is 13.0. The van der Waals surface area contributed by atoms with Crippen molar-refractivity contribution in [1.29, 1.82) is 0 Å². The summed E-state index contributed by atoms with van der Waals surface area (Å²) in [6, 6.07) is 0. The molecule has 1 aliphatic heterocycles. The molecule has 2 heterocycles. The Balaban J connectivity index is 1.96. The van der Waals surface area contributed by atoms with Crippen molar-refractivity contribution in [3.8, 4) is 0 Å². The van der Waals surface area contributed by atoms with Crippen molar-refractivity contribution in [3.05, 3.63) is 11.7 Å². The molecule has 0 amide bonds. The fraction of sp³-hybridized carbons (Fsp3) is 0.727. The van der Waals surface area contributed by atoms with E-state index in [2.05, 4.69) is 15.0 Å². The molecule has 2 rings (SSSR count). The molecule has 1 saturated heterocycles. The minimum absolute atomic E-state index is 0.540. The Labute approximate surface area is 99.6 Å². The van der Waals surface area contributed by atoms with Crippen LogP contribution < -0.4 is 0 Å². The second kappa shape index (κ2) is 4.44.